The average molecular weight is 518 g/mol. The second kappa shape index (κ2) is 10.2. The van der Waals surface area contributed by atoms with Crippen LogP contribution in [0.15, 0.2) is 30.3 Å². The zero-order valence-electron chi connectivity index (χ0n) is 19.9. The van der Waals surface area contributed by atoms with Crippen molar-refractivity contribution < 1.29 is 22.3 Å². The minimum atomic E-state index is -3.85. The second-order valence-corrected chi connectivity index (χ2v) is 14.3. The van der Waals surface area contributed by atoms with Crippen molar-refractivity contribution in [1.29, 1.82) is 0 Å². The van der Waals surface area contributed by atoms with Crippen LogP contribution in [0.1, 0.15) is 43.0 Å². The van der Waals surface area contributed by atoms with E-state index in [4.69, 9.17) is 4.74 Å². The molecule has 0 saturated carbocycles. The fraction of sp³-hybridized carbons (Fsp3) is 0.524. The summed E-state index contributed by atoms with van der Waals surface area (Å²) in [6.07, 6.45) is 0. The Bertz CT molecular complexity index is 1120. The van der Waals surface area contributed by atoms with Crippen LogP contribution in [-0.2, 0) is 33.1 Å². The van der Waals surface area contributed by atoms with Crippen LogP contribution in [0.25, 0.3) is 0 Å². The summed E-state index contributed by atoms with van der Waals surface area (Å²) in [5, 5.41) is 11.4. The number of hydrogen-bond donors (Lipinski definition) is 1. The molecule has 0 spiro atoms. The lowest BCUT2D eigenvalue weighted by Crippen LogP contribution is -2.51. The van der Waals surface area contributed by atoms with Crippen LogP contribution in [-0.4, -0.2) is 46.5 Å². The Kier molecular flexibility index (Phi) is 8.45. The second-order valence-electron chi connectivity index (χ2n) is 8.98. The zero-order valence-corrected chi connectivity index (χ0v) is 22.3. The molecule has 0 radical (unpaired) electrons. The molecule has 0 fully saturated rings. The number of nitrogens with zero attached hydrogens (tertiary/aromatic N) is 2. The van der Waals surface area contributed by atoms with Gasteiger partial charge in [0.25, 0.3) is 5.69 Å². The van der Waals surface area contributed by atoms with Crippen LogP contribution in [0.4, 0.5) is 5.69 Å². The van der Waals surface area contributed by atoms with Crippen molar-refractivity contribution in [1.82, 2.24) is 9.03 Å². The molecule has 0 aliphatic carbocycles. The fourth-order valence-electron chi connectivity index (χ4n) is 3.00. The fourth-order valence-corrected chi connectivity index (χ4v) is 6.75. The summed E-state index contributed by atoms with van der Waals surface area (Å²) in [6, 6.07) is 8.43. The van der Waals surface area contributed by atoms with Crippen molar-refractivity contribution in [3.63, 3.8) is 0 Å². The van der Waals surface area contributed by atoms with Crippen LogP contribution >= 0.6 is 11.3 Å². The molecule has 0 saturated heterocycles. The summed E-state index contributed by atoms with van der Waals surface area (Å²) in [7, 11) is -2.44. The Morgan fingerprint density at radius 3 is 2.24 bits per heavy atom. The summed E-state index contributed by atoms with van der Waals surface area (Å²) in [5.41, 5.74) is -0.625. The zero-order chi connectivity index (χ0) is 25.2. The van der Waals surface area contributed by atoms with Gasteiger partial charge in [-0.2, -0.15) is 0 Å². The van der Waals surface area contributed by atoms with E-state index in [9.17, 15) is 22.7 Å². The Hall–Kier alpha value is -1.86. The summed E-state index contributed by atoms with van der Waals surface area (Å²) in [5.74, 6) is 0.242. The quantitative estimate of drug-likeness (QED) is 0.379. The molecule has 12 heteroatoms. The molecule has 1 heterocycles. The van der Waals surface area contributed by atoms with E-state index >= 15 is 0 Å². The molecule has 2 rings (SSSR count). The number of methoxy groups -OCH3 is 1. The Balaban J connectivity index is 2.40. The highest BCUT2D eigenvalue weighted by Gasteiger charge is 2.40. The van der Waals surface area contributed by atoms with Gasteiger partial charge < -0.3 is 4.74 Å². The molecule has 2 atom stereocenters. The average Bonchev–Trinajstić information content (AvgIpc) is 3.10. The number of benzene rings is 1. The number of rotatable bonds is 10. The molecule has 1 aromatic heterocycles. The van der Waals surface area contributed by atoms with Crippen LogP contribution in [0, 0.1) is 17.0 Å². The maximum absolute atomic E-state index is 13.3. The first-order valence-corrected chi connectivity index (χ1v) is 13.7. The number of ether oxygens (including phenoxy) is 1. The van der Waals surface area contributed by atoms with Crippen LogP contribution in [0.5, 0.6) is 5.75 Å². The first-order chi connectivity index (χ1) is 15.1. The summed E-state index contributed by atoms with van der Waals surface area (Å²) in [6.45, 7) is 8.66. The molecule has 1 N–H and O–H groups in total. The predicted octanol–water partition coefficient (Wildman–Crippen LogP) is 3.70. The van der Waals surface area contributed by atoms with Crippen LogP contribution in [0.3, 0.4) is 0 Å². The molecule has 33 heavy (non-hydrogen) atoms. The van der Waals surface area contributed by atoms with Crippen LogP contribution in [0.2, 0.25) is 0 Å². The lowest BCUT2D eigenvalue weighted by molar-refractivity contribution is -0.385. The van der Waals surface area contributed by atoms with E-state index in [0.29, 0.717) is 15.5 Å². The van der Waals surface area contributed by atoms with E-state index in [-0.39, 0.29) is 12.2 Å². The van der Waals surface area contributed by atoms with Crippen molar-refractivity contribution in [2.75, 3.05) is 19.9 Å². The molecule has 184 valence electrons. The Morgan fingerprint density at radius 1 is 1.21 bits per heavy atom. The van der Waals surface area contributed by atoms with Gasteiger partial charge in [0.05, 0.1) is 43.9 Å². The summed E-state index contributed by atoms with van der Waals surface area (Å²) >= 11 is 1.13. The normalized spacial score (nSPS) is 15.3. The molecule has 1 aromatic carbocycles. The maximum Gasteiger partial charge on any atom is 0.283 e. The first-order valence-electron chi connectivity index (χ1n) is 10.1. The summed E-state index contributed by atoms with van der Waals surface area (Å²) in [4.78, 5) is 11.8. The maximum atomic E-state index is 13.3. The van der Waals surface area contributed by atoms with Crippen molar-refractivity contribution in [2.45, 2.75) is 51.4 Å². The minimum absolute atomic E-state index is 0.0893. The highest BCUT2D eigenvalue weighted by molar-refractivity contribution is 7.89. The number of nitro groups is 1. The molecule has 0 aliphatic heterocycles. The highest BCUT2D eigenvalue weighted by atomic mass is 32.2. The predicted molar refractivity (Wildman–Crippen MR) is 132 cm³/mol. The smallest absolute Gasteiger partial charge is 0.283 e. The van der Waals surface area contributed by atoms with Gasteiger partial charge in [0.1, 0.15) is 5.75 Å². The van der Waals surface area contributed by atoms with Crippen molar-refractivity contribution >= 4 is 38.0 Å². The molecular weight excluding hydrogens is 486 g/mol. The van der Waals surface area contributed by atoms with E-state index < -0.39 is 42.0 Å². The summed E-state index contributed by atoms with van der Waals surface area (Å²) < 4.78 is 48.3. The molecule has 0 bridgehead atoms. The van der Waals surface area contributed by atoms with Crippen molar-refractivity contribution in [3.05, 3.63) is 55.8 Å². The molecule has 0 amide bonds. The molecule has 0 unspecified atom stereocenters. The molecule has 2 aromatic rings. The van der Waals surface area contributed by atoms with Gasteiger partial charge in [0.15, 0.2) is 0 Å². The third-order valence-corrected chi connectivity index (χ3v) is 10.1. The lowest BCUT2D eigenvalue weighted by atomic mass is 10.0. The van der Waals surface area contributed by atoms with Gasteiger partial charge in [-0.3, -0.25) is 10.1 Å². The largest absolute Gasteiger partial charge is 0.497 e. The van der Waals surface area contributed by atoms with Gasteiger partial charge in [0, 0.05) is 24.5 Å². The van der Waals surface area contributed by atoms with Crippen molar-refractivity contribution in [3.8, 4) is 5.75 Å². The van der Waals surface area contributed by atoms with Gasteiger partial charge >= 0.3 is 0 Å². The van der Waals surface area contributed by atoms with E-state index in [1.54, 1.807) is 66.0 Å². The first kappa shape index (κ1) is 27.4. The van der Waals surface area contributed by atoms with Crippen LogP contribution < -0.4 is 9.46 Å². The topological polar surface area (TPSA) is 119 Å². The highest BCUT2D eigenvalue weighted by Crippen LogP contribution is 2.37. The van der Waals surface area contributed by atoms with E-state index in [1.807, 2.05) is 0 Å². The number of aryl methyl sites for hydroxylation is 1. The van der Waals surface area contributed by atoms with Gasteiger partial charge in [-0.25, -0.2) is 21.7 Å². The van der Waals surface area contributed by atoms with E-state index in [2.05, 4.69) is 4.72 Å². The lowest BCUT2D eigenvalue weighted by Gasteiger charge is -2.33. The Labute approximate surface area is 201 Å². The van der Waals surface area contributed by atoms with Gasteiger partial charge in [-0.1, -0.05) is 12.1 Å². The molecule has 9 nitrogen and oxygen atoms in total. The third-order valence-electron chi connectivity index (χ3n) is 5.02. The van der Waals surface area contributed by atoms with Gasteiger partial charge in [0.2, 0.25) is 10.0 Å². The SMILES string of the molecule is COc1ccc(CN(C)S(=O)(=O)C[C@](C)(N[S@](=O)C(C)(C)C)c2cc([N+](=O)[O-])c(C)s2)cc1. The van der Waals surface area contributed by atoms with E-state index in [0.717, 1.165) is 16.9 Å². The number of nitrogens with one attached hydrogen (secondary N) is 1. The van der Waals surface area contributed by atoms with E-state index in [1.165, 1.54) is 17.4 Å². The number of hydrogen-bond acceptors (Lipinski definition) is 7. The standard InChI is InChI=1S/C21H31N3O6S3/c1-15-18(24(25)26)12-19(31-15)21(5,22-32(27)20(2,3)4)14-33(28,29)23(6)13-16-8-10-17(30-7)11-9-16/h8-12,22H,13-14H2,1-7H3/t21-,32+/m0/s1. The van der Waals surface area contributed by atoms with Crippen molar-refractivity contribution in [2.24, 2.45) is 0 Å². The van der Waals surface area contributed by atoms with Gasteiger partial charge in [-0.15, -0.1) is 11.3 Å². The number of sulfonamides is 1. The Morgan fingerprint density at radius 2 is 1.79 bits per heavy atom. The number of thiophene rings is 1. The molecular formula is C21H31N3O6S3. The monoisotopic (exact) mass is 517 g/mol. The molecule has 0 aliphatic rings. The van der Waals surface area contributed by atoms with Gasteiger partial charge in [-0.05, 0) is 52.3 Å². The minimum Gasteiger partial charge on any atom is -0.497 e. The third kappa shape index (κ3) is 6.82.